The van der Waals surface area contributed by atoms with Crippen molar-refractivity contribution in [2.75, 3.05) is 6.54 Å². The smallest absolute Gasteiger partial charge is 0.308 e. The van der Waals surface area contributed by atoms with Gasteiger partial charge in [-0.05, 0) is 17.9 Å². The summed E-state index contributed by atoms with van der Waals surface area (Å²) >= 11 is 1.35. The molecule has 1 amide bonds. The third-order valence-electron chi connectivity index (χ3n) is 2.91. The molecule has 5 nitrogen and oxygen atoms in total. The number of Topliss-reactive ketones (excluding diaryl/α,β-unsaturated/α-hetero) is 1. The Labute approximate surface area is 122 Å². The summed E-state index contributed by atoms with van der Waals surface area (Å²) in [5.74, 6) is -1.80. The second kappa shape index (κ2) is 8.47. The molecule has 0 aliphatic rings. The summed E-state index contributed by atoms with van der Waals surface area (Å²) in [6.45, 7) is 2.02. The van der Waals surface area contributed by atoms with Crippen LogP contribution in [0.1, 0.15) is 42.3 Å². The van der Waals surface area contributed by atoms with Gasteiger partial charge in [0.2, 0.25) is 5.91 Å². The first-order chi connectivity index (χ1) is 9.54. The van der Waals surface area contributed by atoms with Gasteiger partial charge in [0, 0.05) is 19.4 Å². The molecule has 1 heterocycles. The fraction of sp³-hybridized carbons (Fsp3) is 0.500. The molecule has 0 saturated heterocycles. The number of carbonyl (C=O) groups excluding carboxylic acids is 2. The molecule has 1 unspecified atom stereocenters. The van der Waals surface area contributed by atoms with E-state index in [1.54, 1.807) is 12.1 Å². The number of carboxylic acids is 1. The minimum Gasteiger partial charge on any atom is -0.481 e. The van der Waals surface area contributed by atoms with Crippen molar-refractivity contribution in [1.82, 2.24) is 5.32 Å². The Hall–Kier alpha value is -1.69. The van der Waals surface area contributed by atoms with Crippen LogP contribution in [0.3, 0.4) is 0 Å². The van der Waals surface area contributed by atoms with E-state index in [0.29, 0.717) is 11.3 Å². The Morgan fingerprint density at radius 2 is 2.10 bits per heavy atom. The molecule has 20 heavy (non-hydrogen) atoms. The Kier molecular flexibility index (Phi) is 6.93. The number of thiophene rings is 1. The molecule has 0 aliphatic carbocycles. The van der Waals surface area contributed by atoms with Crippen molar-refractivity contribution in [3.05, 3.63) is 22.4 Å². The molecule has 1 aromatic rings. The van der Waals surface area contributed by atoms with Crippen molar-refractivity contribution in [2.45, 2.75) is 32.6 Å². The SMILES string of the molecule is CCCC(CNC(=O)CCC(=O)c1cccs1)C(=O)O. The number of hydrogen-bond acceptors (Lipinski definition) is 4. The average Bonchev–Trinajstić information content (AvgIpc) is 2.94. The Balaban J connectivity index is 2.29. The lowest BCUT2D eigenvalue weighted by atomic mass is 10.0. The first kappa shape index (κ1) is 16.4. The zero-order valence-corrected chi connectivity index (χ0v) is 12.2. The normalized spacial score (nSPS) is 11.8. The predicted molar refractivity (Wildman–Crippen MR) is 76.9 cm³/mol. The molecule has 0 saturated carbocycles. The van der Waals surface area contributed by atoms with E-state index < -0.39 is 11.9 Å². The van der Waals surface area contributed by atoms with Crippen LogP contribution >= 0.6 is 11.3 Å². The number of carbonyl (C=O) groups is 3. The first-order valence-electron chi connectivity index (χ1n) is 6.60. The van der Waals surface area contributed by atoms with Gasteiger partial charge in [-0.2, -0.15) is 0 Å². The maximum atomic E-state index is 11.7. The molecule has 0 spiro atoms. The van der Waals surface area contributed by atoms with Crippen molar-refractivity contribution in [1.29, 1.82) is 0 Å². The van der Waals surface area contributed by atoms with E-state index in [-0.39, 0.29) is 31.1 Å². The molecule has 1 atom stereocenters. The average molecular weight is 297 g/mol. The molecule has 6 heteroatoms. The van der Waals surface area contributed by atoms with Gasteiger partial charge < -0.3 is 10.4 Å². The van der Waals surface area contributed by atoms with Crippen molar-refractivity contribution >= 4 is 29.0 Å². The Morgan fingerprint density at radius 1 is 1.35 bits per heavy atom. The summed E-state index contributed by atoms with van der Waals surface area (Å²) in [5.41, 5.74) is 0. The van der Waals surface area contributed by atoms with Crippen molar-refractivity contribution in [3.8, 4) is 0 Å². The number of nitrogens with one attached hydrogen (secondary N) is 1. The highest BCUT2D eigenvalue weighted by Gasteiger charge is 2.17. The summed E-state index contributed by atoms with van der Waals surface area (Å²) in [6, 6.07) is 3.52. The number of ketones is 1. The van der Waals surface area contributed by atoms with Crippen LogP contribution in [0.4, 0.5) is 0 Å². The summed E-state index contributed by atoms with van der Waals surface area (Å²) in [4.78, 5) is 34.9. The maximum absolute atomic E-state index is 11.7. The van der Waals surface area contributed by atoms with Crippen molar-refractivity contribution < 1.29 is 19.5 Å². The molecular weight excluding hydrogens is 278 g/mol. The van der Waals surface area contributed by atoms with Crippen LogP contribution in [0, 0.1) is 5.92 Å². The monoisotopic (exact) mass is 297 g/mol. The molecule has 0 radical (unpaired) electrons. The van der Waals surface area contributed by atoms with Crippen LogP contribution in [0.25, 0.3) is 0 Å². The molecule has 1 aromatic heterocycles. The van der Waals surface area contributed by atoms with E-state index in [4.69, 9.17) is 5.11 Å². The number of amides is 1. The number of carboxylic acid groups (broad SMARTS) is 1. The molecule has 110 valence electrons. The fourth-order valence-corrected chi connectivity index (χ4v) is 2.47. The third kappa shape index (κ3) is 5.52. The lowest BCUT2D eigenvalue weighted by molar-refractivity contribution is -0.141. The van der Waals surface area contributed by atoms with Gasteiger partial charge in [-0.1, -0.05) is 19.4 Å². The largest absolute Gasteiger partial charge is 0.481 e. The second-order valence-corrected chi connectivity index (χ2v) is 5.48. The Morgan fingerprint density at radius 3 is 2.65 bits per heavy atom. The minimum atomic E-state index is -0.901. The molecule has 2 N–H and O–H groups in total. The van der Waals surface area contributed by atoms with Gasteiger partial charge in [-0.25, -0.2) is 0 Å². The van der Waals surface area contributed by atoms with Crippen LogP contribution in [0.2, 0.25) is 0 Å². The summed E-state index contributed by atoms with van der Waals surface area (Å²) in [7, 11) is 0. The van der Waals surface area contributed by atoms with Crippen LogP contribution in [-0.2, 0) is 9.59 Å². The number of aliphatic carboxylic acids is 1. The number of hydrogen-bond donors (Lipinski definition) is 2. The predicted octanol–water partition coefficient (Wildman–Crippen LogP) is 2.33. The van der Waals surface area contributed by atoms with E-state index in [9.17, 15) is 14.4 Å². The van der Waals surface area contributed by atoms with Crippen LogP contribution in [-0.4, -0.2) is 29.3 Å². The highest BCUT2D eigenvalue weighted by atomic mass is 32.1. The van der Waals surface area contributed by atoms with Crippen molar-refractivity contribution in [2.24, 2.45) is 5.92 Å². The van der Waals surface area contributed by atoms with E-state index in [2.05, 4.69) is 5.32 Å². The number of rotatable bonds is 9. The van der Waals surface area contributed by atoms with E-state index >= 15 is 0 Å². The molecule has 0 aromatic carbocycles. The van der Waals surface area contributed by atoms with Crippen LogP contribution in [0.15, 0.2) is 17.5 Å². The maximum Gasteiger partial charge on any atom is 0.308 e. The molecule has 0 bridgehead atoms. The minimum absolute atomic E-state index is 0.0570. The van der Waals surface area contributed by atoms with Crippen LogP contribution < -0.4 is 5.32 Å². The molecular formula is C14H19NO4S. The highest BCUT2D eigenvalue weighted by Crippen LogP contribution is 2.12. The first-order valence-corrected chi connectivity index (χ1v) is 7.48. The van der Waals surface area contributed by atoms with Crippen molar-refractivity contribution in [3.63, 3.8) is 0 Å². The topological polar surface area (TPSA) is 83.5 Å². The van der Waals surface area contributed by atoms with E-state index in [1.807, 2.05) is 12.3 Å². The summed E-state index contributed by atoms with van der Waals surface area (Å²) < 4.78 is 0. The summed E-state index contributed by atoms with van der Waals surface area (Å²) in [5, 5.41) is 13.4. The van der Waals surface area contributed by atoms with Gasteiger partial charge in [0.15, 0.2) is 5.78 Å². The van der Waals surface area contributed by atoms with E-state index in [1.165, 1.54) is 11.3 Å². The molecule has 0 fully saturated rings. The Bertz CT molecular complexity index is 456. The standard InChI is InChI=1S/C14H19NO4S/c1-2-4-10(14(18)19)9-15-13(17)7-6-11(16)12-5-3-8-20-12/h3,5,8,10H,2,4,6-7,9H2,1H3,(H,15,17)(H,18,19). The van der Waals surface area contributed by atoms with Gasteiger partial charge in [0.25, 0.3) is 0 Å². The summed E-state index contributed by atoms with van der Waals surface area (Å²) in [6.07, 6.45) is 1.53. The zero-order valence-electron chi connectivity index (χ0n) is 11.4. The molecule has 1 rings (SSSR count). The quantitative estimate of drug-likeness (QED) is 0.685. The zero-order chi connectivity index (χ0) is 15.0. The van der Waals surface area contributed by atoms with E-state index in [0.717, 1.165) is 6.42 Å². The lowest BCUT2D eigenvalue weighted by Gasteiger charge is -2.12. The fourth-order valence-electron chi connectivity index (χ4n) is 1.77. The van der Waals surface area contributed by atoms with Gasteiger partial charge in [0.05, 0.1) is 10.8 Å². The second-order valence-electron chi connectivity index (χ2n) is 4.53. The third-order valence-corrected chi connectivity index (χ3v) is 3.82. The van der Waals surface area contributed by atoms with Gasteiger partial charge in [-0.3, -0.25) is 14.4 Å². The lowest BCUT2D eigenvalue weighted by Crippen LogP contribution is -2.33. The van der Waals surface area contributed by atoms with Gasteiger partial charge in [0.1, 0.15) is 0 Å². The molecule has 0 aliphatic heterocycles. The van der Waals surface area contributed by atoms with Gasteiger partial charge in [-0.15, -0.1) is 11.3 Å². The van der Waals surface area contributed by atoms with Crippen LogP contribution in [0.5, 0.6) is 0 Å². The highest BCUT2D eigenvalue weighted by molar-refractivity contribution is 7.12. The van der Waals surface area contributed by atoms with Gasteiger partial charge >= 0.3 is 5.97 Å².